The molecule has 6 heteroatoms. The summed E-state index contributed by atoms with van der Waals surface area (Å²) in [6, 6.07) is 7.67. The molecule has 2 fully saturated rings. The van der Waals surface area contributed by atoms with Crippen molar-refractivity contribution in [3.05, 3.63) is 47.9 Å². The van der Waals surface area contributed by atoms with Crippen molar-refractivity contribution in [2.24, 2.45) is 0 Å². The summed E-state index contributed by atoms with van der Waals surface area (Å²) in [5.41, 5.74) is 1.81. The van der Waals surface area contributed by atoms with Gasteiger partial charge in [-0.25, -0.2) is 0 Å². The van der Waals surface area contributed by atoms with E-state index in [2.05, 4.69) is 32.2 Å². The largest absolute Gasteiger partial charge is 0.352 e. The smallest absolute Gasteiger partial charge is 0.254 e. The lowest BCUT2D eigenvalue weighted by atomic mass is 10.2. The van der Waals surface area contributed by atoms with Gasteiger partial charge in [0, 0.05) is 50.1 Å². The fourth-order valence-electron chi connectivity index (χ4n) is 2.92. The molecule has 3 heterocycles. The number of piperazine rings is 1. The lowest BCUT2D eigenvalue weighted by molar-refractivity contribution is 0.0746. The van der Waals surface area contributed by atoms with E-state index in [1.807, 2.05) is 4.90 Å². The summed E-state index contributed by atoms with van der Waals surface area (Å²) in [7, 11) is 0. The van der Waals surface area contributed by atoms with Crippen LogP contribution in [0, 0.1) is 0 Å². The third kappa shape index (κ3) is 3.02. The van der Waals surface area contributed by atoms with Gasteiger partial charge in [-0.1, -0.05) is 0 Å². The summed E-state index contributed by atoms with van der Waals surface area (Å²) in [4.78, 5) is 20.5. The zero-order chi connectivity index (χ0) is 15.6. The standard InChI is InChI=1S/C17H19N5O/c23-17(14-5-7-18-8-6-14)22-11-9-21(10-12-22)16-4-3-15(19-20-16)13-1-2-13/h3-8,13H,1-2,9-12H2. The van der Waals surface area contributed by atoms with Gasteiger partial charge in [-0.05, 0) is 37.1 Å². The van der Waals surface area contributed by atoms with E-state index in [1.54, 1.807) is 24.5 Å². The zero-order valence-corrected chi connectivity index (χ0v) is 12.9. The Bertz CT molecular complexity index is 676. The van der Waals surface area contributed by atoms with Crippen LogP contribution in [0.15, 0.2) is 36.7 Å². The van der Waals surface area contributed by atoms with Crippen LogP contribution < -0.4 is 4.90 Å². The van der Waals surface area contributed by atoms with Crippen molar-refractivity contribution >= 4 is 11.7 Å². The number of hydrogen-bond donors (Lipinski definition) is 0. The molecular weight excluding hydrogens is 290 g/mol. The highest BCUT2D eigenvalue weighted by atomic mass is 16.2. The maximum atomic E-state index is 12.4. The predicted molar refractivity (Wildman–Crippen MR) is 86.4 cm³/mol. The second kappa shape index (κ2) is 5.95. The van der Waals surface area contributed by atoms with Gasteiger partial charge >= 0.3 is 0 Å². The number of pyridine rings is 1. The molecule has 1 amide bonds. The lowest BCUT2D eigenvalue weighted by Crippen LogP contribution is -2.49. The van der Waals surface area contributed by atoms with Crippen molar-refractivity contribution in [3.8, 4) is 0 Å². The Morgan fingerprint density at radius 1 is 0.957 bits per heavy atom. The van der Waals surface area contributed by atoms with Crippen LogP contribution in [0.25, 0.3) is 0 Å². The van der Waals surface area contributed by atoms with Crippen LogP contribution in [0.1, 0.15) is 34.8 Å². The molecule has 0 atom stereocenters. The minimum atomic E-state index is 0.0715. The SMILES string of the molecule is O=C(c1ccncc1)N1CCN(c2ccc(C3CC3)nn2)CC1. The molecule has 0 bridgehead atoms. The zero-order valence-electron chi connectivity index (χ0n) is 12.9. The highest BCUT2D eigenvalue weighted by molar-refractivity contribution is 5.94. The van der Waals surface area contributed by atoms with Crippen LogP contribution in [0.3, 0.4) is 0 Å². The van der Waals surface area contributed by atoms with Gasteiger partial charge in [-0.3, -0.25) is 9.78 Å². The molecule has 2 aromatic heterocycles. The summed E-state index contributed by atoms with van der Waals surface area (Å²) in [6.07, 6.45) is 5.79. The minimum Gasteiger partial charge on any atom is -0.352 e. The van der Waals surface area contributed by atoms with Crippen molar-refractivity contribution in [2.75, 3.05) is 31.1 Å². The Balaban J connectivity index is 1.37. The van der Waals surface area contributed by atoms with Crippen molar-refractivity contribution in [3.63, 3.8) is 0 Å². The van der Waals surface area contributed by atoms with Crippen LogP contribution >= 0.6 is 0 Å². The molecule has 1 saturated heterocycles. The Labute approximate surface area is 135 Å². The monoisotopic (exact) mass is 309 g/mol. The summed E-state index contributed by atoms with van der Waals surface area (Å²) >= 11 is 0. The van der Waals surface area contributed by atoms with E-state index >= 15 is 0 Å². The maximum absolute atomic E-state index is 12.4. The van der Waals surface area contributed by atoms with Crippen molar-refractivity contribution in [2.45, 2.75) is 18.8 Å². The normalized spacial score (nSPS) is 18.1. The van der Waals surface area contributed by atoms with Gasteiger partial charge in [0.15, 0.2) is 5.82 Å². The molecule has 0 radical (unpaired) electrons. The van der Waals surface area contributed by atoms with Crippen LogP contribution in [0.4, 0.5) is 5.82 Å². The van der Waals surface area contributed by atoms with E-state index < -0.39 is 0 Å². The molecule has 0 N–H and O–H groups in total. The third-order valence-corrected chi connectivity index (χ3v) is 4.48. The molecule has 1 aliphatic carbocycles. The molecule has 2 aromatic rings. The maximum Gasteiger partial charge on any atom is 0.254 e. The number of hydrogen-bond acceptors (Lipinski definition) is 5. The van der Waals surface area contributed by atoms with Gasteiger partial charge in [0.2, 0.25) is 0 Å². The number of anilines is 1. The second-order valence-electron chi connectivity index (χ2n) is 6.11. The molecule has 0 unspecified atom stereocenters. The first-order valence-corrected chi connectivity index (χ1v) is 8.09. The predicted octanol–water partition coefficient (Wildman–Crippen LogP) is 1.71. The van der Waals surface area contributed by atoms with Crippen molar-refractivity contribution < 1.29 is 4.79 Å². The number of rotatable bonds is 3. The molecule has 0 spiro atoms. The molecule has 6 nitrogen and oxygen atoms in total. The molecule has 2 aliphatic rings. The molecule has 23 heavy (non-hydrogen) atoms. The fraction of sp³-hybridized carbons (Fsp3) is 0.412. The molecule has 4 rings (SSSR count). The van der Waals surface area contributed by atoms with Gasteiger partial charge in [-0.15, -0.1) is 5.10 Å². The van der Waals surface area contributed by atoms with Gasteiger partial charge in [0.1, 0.15) is 0 Å². The molecule has 0 aromatic carbocycles. The number of aromatic nitrogens is 3. The van der Waals surface area contributed by atoms with E-state index in [0.29, 0.717) is 24.6 Å². The minimum absolute atomic E-state index is 0.0715. The Kier molecular flexibility index (Phi) is 3.65. The van der Waals surface area contributed by atoms with E-state index in [-0.39, 0.29) is 5.91 Å². The first-order chi connectivity index (χ1) is 11.3. The van der Waals surface area contributed by atoms with Gasteiger partial charge in [0.25, 0.3) is 5.91 Å². The van der Waals surface area contributed by atoms with Crippen molar-refractivity contribution in [1.29, 1.82) is 0 Å². The van der Waals surface area contributed by atoms with Gasteiger partial charge in [0.05, 0.1) is 5.69 Å². The average Bonchev–Trinajstić information content (AvgIpc) is 3.47. The number of carbonyl (C=O) groups is 1. The van der Waals surface area contributed by atoms with E-state index in [9.17, 15) is 4.79 Å². The van der Waals surface area contributed by atoms with E-state index in [0.717, 1.165) is 24.6 Å². The first-order valence-electron chi connectivity index (χ1n) is 8.09. The molecular formula is C17H19N5O. The first kappa shape index (κ1) is 14.1. The Hall–Kier alpha value is -2.50. The van der Waals surface area contributed by atoms with Gasteiger partial charge in [-0.2, -0.15) is 5.10 Å². The number of amides is 1. The van der Waals surface area contributed by atoms with Crippen LogP contribution in [-0.2, 0) is 0 Å². The quantitative estimate of drug-likeness (QED) is 0.864. The lowest BCUT2D eigenvalue weighted by Gasteiger charge is -2.35. The fourth-order valence-corrected chi connectivity index (χ4v) is 2.92. The number of nitrogens with zero attached hydrogens (tertiary/aromatic N) is 5. The van der Waals surface area contributed by atoms with Crippen LogP contribution in [-0.4, -0.2) is 52.2 Å². The summed E-state index contributed by atoms with van der Waals surface area (Å²) in [5, 5.41) is 8.69. The average molecular weight is 309 g/mol. The topological polar surface area (TPSA) is 62.2 Å². The van der Waals surface area contributed by atoms with Gasteiger partial charge < -0.3 is 9.80 Å². The number of carbonyl (C=O) groups excluding carboxylic acids is 1. The molecule has 1 aliphatic heterocycles. The highest BCUT2D eigenvalue weighted by Crippen LogP contribution is 2.38. The van der Waals surface area contributed by atoms with E-state index in [1.165, 1.54) is 12.8 Å². The summed E-state index contributed by atoms with van der Waals surface area (Å²) < 4.78 is 0. The second-order valence-corrected chi connectivity index (χ2v) is 6.11. The Morgan fingerprint density at radius 3 is 2.30 bits per heavy atom. The van der Waals surface area contributed by atoms with Crippen LogP contribution in [0.2, 0.25) is 0 Å². The summed E-state index contributed by atoms with van der Waals surface area (Å²) in [6.45, 7) is 2.98. The summed E-state index contributed by atoms with van der Waals surface area (Å²) in [5.74, 6) is 1.61. The molecule has 1 saturated carbocycles. The highest BCUT2D eigenvalue weighted by Gasteiger charge is 2.26. The molecule has 118 valence electrons. The van der Waals surface area contributed by atoms with E-state index in [4.69, 9.17) is 0 Å². The Morgan fingerprint density at radius 2 is 1.70 bits per heavy atom. The van der Waals surface area contributed by atoms with Crippen LogP contribution in [0.5, 0.6) is 0 Å². The third-order valence-electron chi connectivity index (χ3n) is 4.48. The van der Waals surface area contributed by atoms with Crippen molar-refractivity contribution in [1.82, 2.24) is 20.1 Å².